The molecule has 0 atom stereocenters. The van der Waals surface area contributed by atoms with Gasteiger partial charge in [-0.1, -0.05) is 12.1 Å². The van der Waals surface area contributed by atoms with E-state index in [1.807, 2.05) is 37.3 Å². The van der Waals surface area contributed by atoms with Crippen molar-refractivity contribution in [3.63, 3.8) is 0 Å². The van der Waals surface area contributed by atoms with Crippen LogP contribution in [0.1, 0.15) is 11.9 Å². The minimum absolute atomic E-state index is 0.425. The standard InChI is InChI=1S/C17H20N6/c1-12-19-14-6-4-5-7-15(14)23(12)13-10-22(11-13)17-18-9-8-16(20-17)21(2)3/h4-9,13H,10-11H2,1-3H3. The number of nitrogens with zero attached hydrogens (tertiary/aromatic N) is 6. The number of para-hydroxylation sites is 2. The van der Waals surface area contributed by atoms with Gasteiger partial charge < -0.3 is 14.4 Å². The molecule has 6 heteroatoms. The maximum absolute atomic E-state index is 4.66. The molecule has 1 aromatic carbocycles. The van der Waals surface area contributed by atoms with E-state index >= 15 is 0 Å². The van der Waals surface area contributed by atoms with E-state index in [9.17, 15) is 0 Å². The van der Waals surface area contributed by atoms with Crippen molar-refractivity contribution in [2.45, 2.75) is 13.0 Å². The zero-order chi connectivity index (χ0) is 16.0. The van der Waals surface area contributed by atoms with Crippen LogP contribution in [0.2, 0.25) is 0 Å². The van der Waals surface area contributed by atoms with Crippen LogP contribution in [0.15, 0.2) is 36.5 Å². The fraction of sp³-hybridized carbons (Fsp3) is 0.353. The quantitative estimate of drug-likeness (QED) is 0.743. The van der Waals surface area contributed by atoms with Crippen LogP contribution in [0, 0.1) is 6.92 Å². The highest BCUT2D eigenvalue weighted by Gasteiger charge is 2.32. The first-order chi connectivity index (χ1) is 11.1. The van der Waals surface area contributed by atoms with E-state index in [1.165, 1.54) is 5.52 Å². The van der Waals surface area contributed by atoms with Crippen LogP contribution in [-0.2, 0) is 0 Å². The summed E-state index contributed by atoms with van der Waals surface area (Å²) in [5, 5.41) is 0. The highest BCUT2D eigenvalue weighted by Crippen LogP contribution is 2.30. The highest BCUT2D eigenvalue weighted by molar-refractivity contribution is 5.76. The number of fused-ring (bicyclic) bond motifs is 1. The molecule has 1 fully saturated rings. The third kappa shape index (κ3) is 2.30. The summed E-state index contributed by atoms with van der Waals surface area (Å²) in [7, 11) is 3.98. The normalized spacial score (nSPS) is 15.0. The topological polar surface area (TPSA) is 50.1 Å². The van der Waals surface area contributed by atoms with Gasteiger partial charge in [-0.3, -0.25) is 0 Å². The second-order valence-corrected chi connectivity index (χ2v) is 6.19. The maximum Gasteiger partial charge on any atom is 0.227 e. The Balaban J connectivity index is 1.57. The Morgan fingerprint density at radius 2 is 1.87 bits per heavy atom. The summed E-state index contributed by atoms with van der Waals surface area (Å²) in [4.78, 5) is 17.9. The third-order valence-electron chi connectivity index (χ3n) is 4.37. The molecule has 2 aromatic heterocycles. The summed E-state index contributed by atoms with van der Waals surface area (Å²) in [5.41, 5.74) is 2.27. The minimum Gasteiger partial charge on any atom is -0.363 e. The lowest BCUT2D eigenvalue weighted by Crippen LogP contribution is -2.48. The number of anilines is 2. The van der Waals surface area contributed by atoms with Crippen LogP contribution in [0.3, 0.4) is 0 Å². The predicted molar refractivity (Wildman–Crippen MR) is 92.1 cm³/mol. The molecular formula is C17H20N6. The Morgan fingerprint density at radius 3 is 2.65 bits per heavy atom. The van der Waals surface area contributed by atoms with Crippen LogP contribution in [0.4, 0.5) is 11.8 Å². The van der Waals surface area contributed by atoms with Crippen molar-refractivity contribution in [2.24, 2.45) is 0 Å². The van der Waals surface area contributed by atoms with Gasteiger partial charge in [0.2, 0.25) is 5.95 Å². The predicted octanol–water partition coefficient (Wildman–Crippen LogP) is 2.26. The monoisotopic (exact) mass is 308 g/mol. The molecule has 0 N–H and O–H groups in total. The van der Waals surface area contributed by atoms with Gasteiger partial charge in [-0.2, -0.15) is 4.98 Å². The summed E-state index contributed by atoms with van der Waals surface area (Å²) in [5.74, 6) is 2.80. The zero-order valence-corrected chi connectivity index (χ0v) is 13.6. The van der Waals surface area contributed by atoms with Gasteiger partial charge >= 0.3 is 0 Å². The number of aromatic nitrogens is 4. The highest BCUT2D eigenvalue weighted by atomic mass is 15.4. The van der Waals surface area contributed by atoms with Gasteiger partial charge in [0.25, 0.3) is 0 Å². The number of rotatable bonds is 3. The van der Waals surface area contributed by atoms with Crippen molar-refractivity contribution in [2.75, 3.05) is 37.0 Å². The SMILES string of the molecule is Cc1nc2ccccc2n1C1CN(c2nccc(N(C)C)n2)C1. The van der Waals surface area contributed by atoms with Crippen molar-refractivity contribution in [3.8, 4) is 0 Å². The van der Waals surface area contributed by atoms with Gasteiger partial charge in [0.05, 0.1) is 17.1 Å². The van der Waals surface area contributed by atoms with Crippen LogP contribution >= 0.6 is 0 Å². The number of hydrogen-bond donors (Lipinski definition) is 0. The van der Waals surface area contributed by atoms with Crippen molar-refractivity contribution in [1.29, 1.82) is 0 Å². The van der Waals surface area contributed by atoms with Crippen molar-refractivity contribution in [1.82, 2.24) is 19.5 Å². The van der Waals surface area contributed by atoms with Crippen molar-refractivity contribution in [3.05, 3.63) is 42.4 Å². The van der Waals surface area contributed by atoms with E-state index in [4.69, 9.17) is 0 Å². The van der Waals surface area contributed by atoms with E-state index in [2.05, 4.69) is 49.5 Å². The Hall–Kier alpha value is -2.63. The van der Waals surface area contributed by atoms with Gasteiger partial charge in [0, 0.05) is 33.4 Å². The molecule has 0 radical (unpaired) electrons. The average Bonchev–Trinajstić information content (AvgIpc) is 2.83. The molecule has 3 heterocycles. The fourth-order valence-electron chi connectivity index (χ4n) is 3.15. The first-order valence-electron chi connectivity index (χ1n) is 7.82. The molecular weight excluding hydrogens is 288 g/mol. The van der Waals surface area contributed by atoms with E-state index in [1.54, 1.807) is 0 Å². The number of hydrogen-bond acceptors (Lipinski definition) is 5. The molecule has 6 nitrogen and oxygen atoms in total. The zero-order valence-electron chi connectivity index (χ0n) is 13.6. The number of benzene rings is 1. The van der Waals surface area contributed by atoms with E-state index in [0.29, 0.717) is 6.04 Å². The molecule has 23 heavy (non-hydrogen) atoms. The van der Waals surface area contributed by atoms with Gasteiger partial charge in [0.15, 0.2) is 0 Å². The molecule has 118 valence electrons. The van der Waals surface area contributed by atoms with Gasteiger partial charge in [-0.05, 0) is 25.1 Å². The smallest absolute Gasteiger partial charge is 0.227 e. The second-order valence-electron chi connectivity index (χ2n) is 6.19. The molecule has 0 unspecified atom stereocenters. The largest absolute Gasteiger partial charge is 0.363 e. The summed E-state index contributed by atoms with van der Waals surface area (Å²) in [6.07, 6.45) is 1.82. The van der Waals surface area contributed by atoms with Crippen molar-refractivity contribution >= 4 is 22.8 Å². The summed E-state index contributed by atoms with van der Waals surface area (Å²) >= 11 is 0. The molecule has 0 saturated carbocycles. The molecule has 0 bridgehead atoms. The van der Waals surface area contributed by atoms with Crippen LogP contribution < -0.4 is 9.80 Å². The van der Waals surface area contributed by atoms with Crippen LogP contribution in [0.5, 0.6) is 0 Å². The molecule has 1 aliphatic rings. The fourth-order valence-corrected chi connectivity index (χ4v) is 3.15. The van der Waals surface area contributed by atoms with Crippen molar-refractivity contribution < 1.29 is 0 Å². The van der Waals surface area contributed by atoms with E-state index < -0.39 is 0 Å². The van der Waals surface area contributed by atoms with Crippen LogP contribution in [-0.4, -0.2) is 46.7 Å². The Bertz CT molecular complexity index is 847. The maximum atomic E-state index is 4.66. The Kier molecular flexibility index (Phi) is 3.18. The molecule has 4 rings (SSSR count). The molecule has 0 spiro atoms. The van der Waals surface area contributed by atoms with E-state index in [0.717, 1.165) is 36.2 Å². The van der Waals surface area contributed by atoms with Gasteiger partial charge in [0.1, 0.15) is 11.6 Å². The van der Waals surface area contributed by atoms with Crippen LogP contribution in [0.25, 0.3) is 11.0 Å². The van der Waals surface area contributed by atoms with E-state index in [-0.39, 0.29) is 0 Å². The summed E-state index contributed by atoms with van der Waals surface area (Å²) < 4.78 is 2.33. The lowest BCUT2D eigenvalue weighted by Gasteiger charge is -2.40. The molecule has 3 aromatic rings. The summed E-state index contributed by atoms with van der Waals surface area (Å²) in [6, 6.07) is 10.7. The summed E-state index contributed by atoms with van der Waals surface area (Å²) in [6.45, 7) is 3.90. The molecule has 0 aliphatic carbocycles. The molecule has 0 amide bonds. The first-order valence-corrected chi connectivity index (χ1v) is 7.82. The molecule has 1 saturated heterocycles. The molecule has 1 aliphatic heterocycles. The average molecular weight is 308 g/mol. The van der Waals surface area contributed by atoms with Gasteiger partial charge in [-0.15, -0.1) is 0 Å². The van der Waals surface area contributed by atoms with Gasteiger partial charge in [-0.25, -0.2) is 9.97 Å². The lowest BCUT2D eigenvalue weighted by molar-refractivity contribution is 0.396. The second kappa shape index (κ2) is 5.22. The third-order valence-corrected chi connectivity index (χ3v) is 4.37. The lowest BCUT2D eigenvalue weighted by atomic mass is 10.1. The Labute approximate surface area is 135 Å². The Morgan fingerprint density at radius 1 is 1.09 bits per heavy atom. The number of imidazole rings is 1. The first kappa shape index (κ1) is 14.0. The minimum atomic E-state index is 0.425. The number of aryl methyl sites for hydroxylation is 1.